The summed E-state index contributed by atoms with van der Waals surface area (Å²) in [4.78, 5) is 26.3. The Morgan fingerprint density at radius 2 is 1.20 bits per heavy atom. The minimum absolute atomic E-state index is 0.126. The van der Waals surface area contributed by atoms with Crippen LogP contribution < -0.4 is 21.5 Å². The van der Waals surface area contributed by atoms with Gasteiger partial charge in [-0.25, -0.2) is 0 Å². The van der Waals surface area contributed by atoms with Crippen LogP contribution in [0, 0.1) is 6.92 Å². The van der Waals surface area contributed by atoms with Gasteiger partial charge in [-0.15, -0.1) is 0 Å². The molecule has 0 aliphatic rings. The van der Waals surface area contributed by atoms with Crippen molar-refractivity contribution in [3.63, 3.8) is 0 Å². The molecule has 0 unspecified atom stereocenters. The van der Waals surface area contributed by atoms with Gasteiger partial charge in [0.15, 0.2) is 0 Å². The number of carbonyl (C=O) groups is 1. The number of aromatic nitrogens is 2. The Morgan fingerprint density at radius 1 is 0.800 bits per heavy atom. The Bertz CT molecular complexity index is 1120. The second-order valence-electron chi connectivity index (χ2n) is 7.37. The number of aromatic amines is 1. The van der Waals surface area contributed by atoms with E-state index < -0.39 is 7.26 Å². The van der Waals surface area contributed by atoms with E-state index in [-0.39, 0.29) is 23.1 Å². The average Bonchev–Trinajstić information content (AvgIpc) is 3.05. The van der Waals surface area contributed by atoms with E-state index in [0.29, 0.717) is 5.69 Å². The van der Waals surface area contributed by atoms with E-state index in [9.17, 15) is 9.59 Å². The van der Waals surface area contributed by atoms with Gasteiger partial charge in [0, 0.05) is 12.7 Å². The molecule has 0 amide bonds. The standard InChI is InChI=1S/C25H23N2O2P/c1-19-24(25(29)27(2)26-19)23(28)18-30(20-12-6-3-7-13-20,21-14-8-4-9-15-21)22-16-10-5-11-17-22/h3-17H,18H2,1-2H3/p+1. The van der Waals surface area contributed by atoms with Gasteiger partial charge in [-0.3, -0.25) is 19.4 Å². The van der Waals surface area contributed by atoms with Crippen molar-refractivity contribution in [2.75, 3.05) is 6.16 Å². The number of hydrogen-bond donors (Lipinski definition) is 1. The first-order chi connectivity index (χ1) is 14.5. The van der Waals surface area contributed by atoms with Crippen molar-refractivity contribution in [3.8, 4) is 0 Å². The van der Waals surface area contributed by atoms with E-state index in [4.69, 9.17) is 0 Å². The molecule has 5 heteroatoms. The van der Waals surface area contributed by atoms with E-state index in [0.717, 1.165) is 15.9 Å². The van der Waals surface area contributed by atoms with Crippen molar-refractivity contribution in [2.24, 2.45) is 7.05 Å². The lowest BCUT2D eigenvalue weighted by atomic mass is 10.2. The Hall–Kier alpha value is -3.23. The Morgan fingerprint density at radius 3 is 1.53 bits per heavy atom. The average molecular weight is 415 g/mol. The third kappa shape index (κ3) is 3.44. The van der Waals surface area contributed by atoms with Crippen LogP contribution in [0.15, 0.2) is 95.8 Å². The highest BCUT2D eigenvalue weighted by Gasteiger charge is 2.47. The zero-order valence-corrected chi connectivity index (χ0v) is 18.0. The maximum absolute atomic E-state index is 13.6. The number of hydrogen-bond acceptors (Lipinski definition) is 2. The second kappa shape index (κ2) is 8.25. The molecule has 0 bridgehead atoms. The number of aryl methyl sites for hydroxylation is 2. The van der Waals surface area contributed by atoms with E-state index in [2.05, 4.69) is 41.5 Å². The highest BCUT2D eigenvalue weighted by Crippen LogP contribution is 2.55. The van der Waals surface area contributed by atoms with Crippen LogP contribution in [0.2, 0.25) is 0 Å². The molecule has 0 spiro atoms. The van der Waals surface area contributed by atoms with Crippen molar-refractivity contribution >= 4 is 29.0 Å². The molecule has 0 aliphatic heterocycles. The highest BCUT2D eigenvalue weighted by atomic mass is 31.2. The number of benzene rings is 3. The fourth-order valence-electron chi connectivity index (χ4n) is 4.08. The molecule has 150 valence electrons. The molecule has 1 aromatic heterocycles. The predicted octanol–water partition coefficient (Wildman–Crippen LogP) is 3.20. The highest BCUT2D eigenvalue weighted by molar-refractivity contribution is 7.96. The molecular weight excluding hydrogens is 391 g/mol. The summed E-state index contributed by atoms with van der Waals surface area (Å²) in [7, 11) is -0.678. The van der Waals surface area contributed by atoms with Crippen molar-refractivity contribution in [3.05, 3.63) is 113 Å². The zero-order chi connectivity index (χ0) is 21.1. The molecule has 1 heterocycles. The van der Waals surface area contributed by atoms with Crippen molar-refractivity contribution in [1.29, 1.82) is 0 Å². The van der Waals surface area contributed by atoms with Crippen LogP contribution in [0.25, 0.3) is 0 Å². The summed E-state index contributed by atoms with van der Waals surface area (Å²) < 4.78 is 1.37. The quantitative estimate of drug-likeness (QED) is 0.388. The Balaban J connectivity index is 1.98. The van der Waals surface area contributed by atoms with Gasteiger partial charge in [-0.05, 0) is 43.3 Å². The monoisotopic (exact) mass is 415 g/mol. The van der Waals surface area contributed by atoms with Crippen molar-refractivity contribution < 1.29 is 4.79 Å². The summed E-state index contributed by atoms with van der Waals surface area (Å²) in [6.45, 7) is 1.78. The van der Waals surface area contributed by atoms with E-state index >= 15 is 0 Å². The maximum Gasteiger partial charge on any atom is 0.277 e. The van der Waals surface area contributed by atoms with Gasteiger partial charge >= 0.3 is 0 Å². The molecule has 0 saturated heterocycles. The fourth-order valence-corrected chi connectivity index (χ4v) is 8.15. The number of nitrogens with one attached hydrogen (secondary N) is 1. The van der Waals surface area contributed by atoms with Gasteiger partial charge in [0.1, 0.15) is 34.9 Å². The molecule has 0 saturated carbocycles. The number of Topliss-reactive ketones (excluding diaryl/α,β-unsaturated/α-hetero) is 1. The third-order valence-electron chi connectivity index (χ3n) is 5.48. The van der Waals surface area contributed by atoms with Crippen LogP contribution in [-0.2, 0) is 7.05 Å². The van der Waals surface area contributed by atoms with Gasteiger partial charge in [-0.2, -0.15) is 0 Å². The fraction of sp³-hybridized carbons (Fsp3) is 0.120. The number of ketones is 1. The van der Waals surface area contributed by atoms with Gasteiger partial charge in [0.25, 0.3) is 5.56 Å². The third-order valence-corrected chi connectivity index (χ3v) is 9.78. The zero-order valence-electron chi connectivity index (χ0n) is 17.1. The summed E-state index contributed by atoms with van der Waals surface area (Å²) in [5.74, 6) is -0.126. The molecule has 4 rings (SSSR count). The van der Waals surface area contributed by atoms with E-state index in [1.165, 1.54) is 4.68 Å². The molecule has 4 aromatic rings. The van der Waals surface area contributed by atoms with E-state index in [1.54, 1.807) is 14.0 Å². The normalized spacial score (nSPS) is 11.4. The lowest BCUT2D eigenvalue weighted by Gasteiger charge is -2.27. The second-order valence-corrected chi connectivity index (χ2v) is 10.9. The summed E-state index contributed by atoms with van der Waals surface area (Å²) in [5.41, 5.74) is 0.592. The van der Waals surface area contributed by atoms with Crippen LogP contribution in [0.3, 0.4) is 0 Å². The van der Waals surface area contributed by atoms with Crippen LogP contribution >= 0.6 is 7.26 Å². The Kier molecular flexibility index (Phi) is 5.52. The molecule has 0 fully saturated rings. The molecule has 30 heavy (non-hydrogen) atoms. The number of H-pyrrole nitrogens is 1. The van der Waals surface area contributed by atoms with Gasteiger partial charge in [0.05, 0.1) is 0 Å². The van der Waals surface area contributed by atoms with Crippen LogP contribution in [-0.4, -0.2) is 21.7 Å². The summed E-state index contributed by atoms with van der Waals surface area (Å²) in [5, 5.41) is 6.33. The van der Waals surface area contributed by atoms with E-state index in [1.807, 2.05) is 54.6 Å². The van der Waals surface area contributed by atoms with Crippen molar-refractivity contribution in [1.82, 2.24) is 9.78 Å². The molecular formula is C25H24N2O2P+. The van der Waals surface area contributed by atoms with Crippen molar-refractivity contribution in [2.45, 2.75) is 6.92 Å². The van der Waals surface area contributed by atoms with Crippen LogP contribution in [0.5, 0.6) is 0 Å². The number of rotatable bonds is 6. The van der Waals surface area contributed by atoms with Gasteiger partial charge < -0.3 is 0 Å². The molecule has 4 nitrogen and oxygen atoms in total. The lowest BCUT2D eigenvalue weighted by molar-refractivity contribution is 0.101. The maximum atomic E-state index is 13.6. The summed E-state index contributed by atoms with van der Waals surface area (Å²) >= 11 is 0. The first-order valence-electron chi connectivity index (χ1n) is 9.88. The molecule has 0 radical (unpaired) electrons. The molecule has 0 aliphatic carbocycles. The molecule has 1 N–H and O–H groups in total. The Labute approximate surface area is 176 Å². The SMILES string of the molecule is Cc1[nH]n(C)c(=O)c1C(=O)C[P+](c1ccccc1)(c1ccccc1)c1ccccc1. The topological polar surface area (TPSA) is 54.9 Å². The largest absolute Gasteiger partial charge is 0.300 e. The first kappa shape index (κ1) is 20.1. The first-order valence-corrected chi connectivity index (χ1v) is 11.8. The van der Waals surface area contributed by atoms with Gasteiger partial charge in [-0.1, -0.05) is 54.6 Å². The number of nitrogens with zero attached hydrogens (tertiary/aromatic N) is 1. The molecule has 3 aromatic carbocycles. The minimum atomic E-state index is -2.32. The lowest BCUT2D eigenvalue weighted by Crippen LogP contribution is -2.36. The van der Waals surface area contributed by atoms with Crippen LogP contribution in [0.1, 0.15) is 16.1 Å². The molecule has 0 atom stereocenters. The van der Waals surface area contributed by atoms with Gasteiger partial charge in [0.2, 0.25) is 5.78 Å². The summed E-state index contributed by atoms with van der Waals surface area (Å²) in [6.07, 6.45) is 0.263. The smallest absolute Gasteiger partial charge is 0.277 e. The summed E-state index contributed by atoms with van der Waals surface area (Å²) in [6, 6.07) is 30.7. The number of carbonyl (C=O) groups excluding carboxylic acids is 1. The minimum Gasteiger partial charge on any atom is -0.300 e. The van der Waals surface area contributed by atoms with Crippen LogP contribution in [0.4, 0.5) is 0 Å². The predicted molar refractivity (Wildman–Crippen MR) is 125 cm³/mol.